The number of carboxylic acids is 1. The molecule has 2 heterocycles. The fourth-order valence-corrected chi connectivity index (χ4v) is 3.01. The SMILES string of the molecule is O=C(O)CC(=O)C=C1Nc2ccccc2C(=O)N2CCC[C@@H]12. The molecule has 0 bridgehead atoms. The number of anilines is 1. The van der Waals surface area contributed by atoms with Crippen molar-refractivity contribution < 1.29 is 19.5 Å². The Morgan fingerprint density at radius 2 is 2.14 bits per heavy atom. The van der Waals surface area contributed by atoms with Crippen LogP contribution in [0, 0.1) is 0 Å². The van der Waals surface area contributed by atoms with E-state index < -0.39 is 18.2 Å². The number of ketones is 1. The monoisotopic (exact) mass is 300 g/mol. The lowest BCUT2D eigenvalue weighted by Crippen LogP contribution is -2.36. The predicted octanol–water partition coefficient (Wildman–Crippen LogP) is 1.64. The zero-order valence-electron chi connectivity index (χ0n) is 11.9. The molecule has 3 rings (SSSR count). The number of carboxylic acid groups (broad SMARTS) is 1. The van der Waals surface area contributed by atoms with Crippen molar-refractivity contribution >= 4 is 23.3 Å². The Morgan fingerprint density at radius 1 is 1.36 bits per heavy atom. The lowest BCUT2D eigenvalue weighted by atomic mass is 10.1. The van der Waals surface area contributed by atoms with Crippen molar-refractivity contribution in [1.29, 1.82) is 0 Å². The van der Waals surface area contributed by atoms with Gasteiger partial charge in [0.15, 0.2) is 5.78 Å². The molecule has 0 aliphatic carbocycles. The maximum absolute atomic E-state index is 12.6. The molecule has 6 nitrogen and oxygen atoms in total. The number of nitrogens with one attached hydrogen (secondary N) is 1. The lowest BCUT2D eigenvalue weighted by Gasteiger charge is -2.23. The van der Waals surface area contributed by atoms with E-state index in [2.05, 4.69) is 5.32 Å². The van der Waals surface area contributed by atoms with Crippen molar-refractivity contribution in [3.63, 3.8) is 0 Å². The molecule has 0 spiro atoms. The highest BCUT2D eigenvalue weighted by Gasteiger charge is 2.36. The lowest BCUT2D eigenvalue weighted by molar-refractivity contribution is -0.139. The maximum atomic E-state index is 12.6. The topological polar surface area (TPSA) is 86.7 Å². The van der Waals surface area contributed by atoms with Gasteiger partial charge in [0.1, 0.15) is 6.42 Å². The van der Waals surface area contributed by atoms with Gasteiger partial charge in [-0.1, -0.05) is 12.1 Å². The molecule has 1 aromatic carbocycles. The highest BCUT2D eigenvalue weighted by molar-refractivity contribution is 6.04. The highest BCUT2D eigenvalue weighted by atomic mass is 16.4. The fourth-order valence-electron chi connectivity index (χ4n) is 3.01. The third kappa shape index (κ3) is 2.59. The second kappa shape index (κ2) is 5.63. The first-order valence-corrected chi connectivity index (χ1v) is 7.19. The van der Waals surface area contributed by atoms with Crippen LogP contribution < -0.4 is 5.32 Å². The van der Waals surface area contributed by atoms with Gasteiger partial charge in [0.2, 0.25) is 0 Å². The molecule has 1 fully saturated rings. The Morgan fingerprint density at radius 3 is 2.91 bits per heavy atom. The van der Waals surface area contributed by atoms with Crippen LogP contribution in [0.15, 0.2) is 36.0 Å². The van der Waals surface area contributed by atoms with Crippen LogP contribution in [0.1, 0.15) is 29.6 Å². The minimum absolute atomic E-state index is 0.0558. The van der Waals surface area contributed by atoms with Gasteiger partial charge >= 0.3 is 5.97 Å². The Bertz CT molecular complexity index is 680. The Balaban J connectivity index is 2.00. The number of amides is 1. The number of hydrogen-bond donors (Lipinski definition) is 2. The van der Waals surface area contributed by atoms with Crippen LogP contribution in [0.25, 0.3) is 0 Å². The molecule has 2 N–H and O–H groups in total. The molecule has 0 radical (unpaired) electrons. The van der Waals surface area contributed by atoms with E-state index in [4.69, 9.17) is 5.11 Å². The average molecular weight is 300 g/mol. The van der Waals surface area contributed by atoms with Crippen LogP contribution in [-0.4, -0.2) is 40.3 Å². The summed E-state index contributed by atoms with van der Waals surface area (Å²) in [6.45, 7) is 0.643. The summed E-state index contributed by atoms with van der Waals surface area (Å²) in [7, 11) is 0. The first-order valence-electron chi connectivity index (χ1n) is 7.19. The van der Waals surface area contributed by atoms with Crippen molar-refractivity contribution in [3.05, 3.63) is 41.6 Å². The molecule has 6 heteroatoms. The first kappa shape index (κ1) is 14.3. The van der Waals surface area contributed by atoms with E-state index in [1.807, 2.05) is 6.07 Å². The molecule has 1 atom stereocenters. The van der Waals surface area contributed by atoms with Crippen LogP contribution in [0.4, 0.5) is 5.69 Å². The molecule has 0 aromatic heterocycles. The van der Waals surface area contributed by atoms with Gasteiger partial charge in [-0.3, -0.25) is 14.4 Å². The number of carbonyl (C=O) groups is 3. The van der Waals surface area contributed by atoms with E-state index in [1.54, 1.807) is 23.1 Å². The molecular formula is C16H16N2O4. The summed E-state index contributed by atoms with van der Waals surface area (Å²) in [5, 5.41) is 11.9. The predicted molar refractivity (Wildman–Crippen MR) is 79.5 cm³/mol. The number of nitrogens with zero attached hydrogens (tertiary/aromatic N) is 1. The third-order valence-corrected chi connectivity index (χ3v) is 3.95. The second-order valence-electron chi connectivity index (χ2n) is 5.46. The largest absolute Gasteiger partial charge is 0.481 e. The molecule has 22 heavy (non-hydrogen) atoms. The molecule has 1 amide bonds. The summed E-state index contributed by atoms with van der Waals surface area (Å²) in [5.74, 6) is -1.69. The number of hydrogen-bond acceptors (Lipinski definition) is 4. The van der Waals surface area contributed by atoms with E-state index in [0.29, 0.717) is 23.5 Å². The van der Waals surface area contributed by atoms with E-state index in [9.17, 15) is 14.4 Å². The summed E-state index contributed by atoms with van der Waals surface area (Å²) in [6.07, 6.45) is 2.41. The molecule has 114 valence electrons. The molecule has 2 aliphatic rings. The smallest absolute Gasteiger partial charge is 0.311 e. The van der Waals surface area contributed by atoms with Crippen LogP contribution >= 0.6 is 0 Å². The summed E-state index contributed by atoms with van der Waals surface area (Å²) < 4.78 is 0. The van der Waals surface area contributed by atoms with Crippen LogP contribution in [0.5, 0.6) is 0 Å². The summed E-state index contributed by atoms with van der Waals surface area (Å²) in [4.78, 5) is 36.8. The van der Waals surface area contributed by atoms with Crippen molar-refractivity contribution in [2.24, 2.45) is 0 Å². The van der Waals surface area contributed by atoms with E-state index >= 15 is 0 Å². The van der Waals surface area contributed by atoms with E-state index in [0.717, 1.165) is 12.8 Å². The number of allylic oxidation sites excluding steroid dienone is 1. The van der Waals surface area contributed by atoms with Crippen molar-refractivity contribution in [1.82, 2.24) is 4.90 Å². The number of aliphatic carboxylic acids is 1. The number of para-hydroxylation sites is 1. The summed E-state index contributed by atoms with van der Waals surface area (Å²) in [5.41, 5.74) is 1.82. The number of rotatable bonds is 3. The first-order chi connectivity index (χ1) is 10.6. The van der Waals surface area contributed by atoms with Crippen molar-refractivity contribution in [2.45, 2.75) is 25.3 Å². The molecule has 0 saturated carbocycles. The number of carbonyl (C=O) groups excluding carboxylic acids is 2. The standard InChI is InChI=1S/C16H16N2O4/c19-10(9-15(20)21)8-13-14-6-3-7-18(14)16(22)11-4-1-2-5-12(11)17-13/h1-2,4-5,8,14,17H,3,6-7,9H2,(H,20,21)/t14-/m0/s1. The maximum Gasteiger partial charge on any atom is 0.311 e. The fraction of sp³-hybridized carbons (Fsp3) is 0.312. The van der Waals surface area contributed by atoms with Crippen molar-refractivity contribution in [3.8, 4) is 0 Å². The van der Waals surface area contributed by atoms with Gasteiger partial charge in [-0.05, 0) is 25.0 Å². The Kier molecular flexibility index (Phi) is 3.66. The third-order valence-electron chi connectivity index (χ3n) is 3.95. The second-order valence-corrected chi connectivity index (χ2v) is 5.46. The minimum atomic E-state index is -1.16. The highest BCUT2D eigenvalue weighted by Crippen LogP contribution is 2.32. The van der Waals surface area contributed by atoms with Gasteiger partial charge in [-0.25, -0.2) is 0 Å². The molecule has 1 saturated heterocycles. The summed E-state index contributed by atoms with van der Waals surface area (Å²) >= 11 is 0. The van der Waals surface area contributed by atoms with Gasteiger partial charge in [0.25, 0.3) is 5.91 Å². The number of benzene rings is 1. The average Bonchev–Trinajstić information content (AvgIpc) is 2.91. The summed E-state index contributed by atoms with van der Waals surface area (Å²) in [6, 6.07) is 6.95. The molecule has 1 aromatic rings. The van der Waals surface area contributed by atoms with E-state index in [1.165, 1.54) is 6.08 Å². The van der Waals surface area contributed by atoms with Crippen LogP contribution in [-0.2, 0) is 9.59 Å². The van der Waals surface area contributed by atoms with Crippen LogP contribution in [0.2, 0.25) is 0 Å². The van der Waals surface area contributed by atoms with Gasteiger partial charge in [-0.2, -0.15) is 0 Å². The van der Waals surface area contributed by atoms with Crippen LogP contribution in [0.3, 0.4) is 0 Å². The van der Waals surface area contributed by atoms with Gasteiger partial charge in [-0.15, -0.1) is 0 Å². The number of fused-ring (bicyclic) bond motifs is 2. The zero-order valence-corrected chi connectivity index (χ0v) is 11.9. The Labute approximate surface area is 127 Å². The zero-order chi connectivity index (χ0) is 15.7. The van der Waals surface area contributed by atoms with E-state index in [-0.39, 0.29) is 11.9 Å². The van der Waals surface area contributed by atoms with Gasteiger partial charge in [0, 0.05) is 18.3 Å². The van der Waals surface area contributed by atoms with Crippen molar-refractivity contribution in [2.75, 3.05) is 11.9 Å². The quantitative estimate of drug-likeness (QED) is 0.654. The van der Waals surface area contributed by atoms with Gasteiger partial charge in [0.05, 0.1) is 17.3 Å². The minimum Gasteiger partial charge on any atom is -0.481 e. The molecule has 2 aliphatic heterocycles. The molecular weight excluding hydrogens is 284 g/mol. The molecule has 0 unspecified atom stereocenters. The normalized spacial score (nSPS) is 21.8. The van der Waals surface area contributed by atoms with Gasteiger partial charge < -0.3 is 15.3 Å². The Hall–Kier alpha value is -2.63.